The van der Waals surface area contributed by atoms with Crippen molar-refractivity contribution in [1.29, 1.82) is 0 Å². The lowest BCUT2D eigenvalue weighted by Gasteiger charge is -2.35. The maximum atomic E-state index is 12.4. The fraction of sp³-hybridized carbons (Fsp3) is 0.684. The molecule has 1 aromatic rings. The van der Waals surface area contributed by atoms with E-state index in [9.17, 15) is 9.59 Å². The van der Waals surface area contributed by atoms with E-state index in [0.717, 1.165) is 44.6 Å². The number of anilines is 1. The zero-order valence-electron chi connectivity index (χ0n) is 15.2. The summed E-state index contributed by atoms with van der Waals surface area (Å²) < 4.78 is 0. The lowest BCUT2D eigenvalue weighted by molar-refractivity contribution is -0.129. The summed E-state index contributed by atoms with van der Waals surface area (Å²) >= 11 is 0. The minimum Gasteiger partial charge on any atom is -0.356 e. The highest BCUT2D eigenvalue weighted by Crippen LogP contribution is 2.29. The van der Waals surface area contributed by atoms with Gasteiger partial charge in [0.05, 0.1) is 5.92 Å². The van der Waals surface area contributed by atoms with E-state index in [1.165, 1.54) is 24.1 Å². The van der Waals surface area contributed by atoms with Crippen molar-refractivity contribution >= 4 is 17.6 Å². The predicted molar refractivity (Wildman–Crippen MR) is 97.8 cm³/mol. The molecule has 2 fully saturated rings. The van der Waals surface area contributed by atoms with Crippen LogP contribution in [0.5, 0.6) is 0 Å². The van der Waals surface area contributed by atoms with Crippen LogP contribution >= 0.6 is 0 Å². The van der Waals surface area contributed by atoms with Crippen LogP contribution in [-0.4, -0.2) is 47.5 Å². The van der Waals surface area contributed by atoms with Gasteiger partial charge in [-0.1, -0.05) is 0 Å². The van der Waals surface area contributed by atoms with E-state index in [0.29, 0.717) is 19.4 Å². The Kier molecular flexibility index (Phi) is 5.04. The largest absolute Gasteiger partial charge is 0.356 e. The Morgan fingerprint density at radius 2 is 1.92 bits per heavy atom. The second kappa shape index (κ2) is 7.60. The van der Waals surface area contributed by atoms with Crippen LogP contribution in [0.2, 0.25) is 0 Å². The number of rotatable bonds is 3. The average Bonchev–Trinajstić information content (AvgIpc) is 2.69. The highest BCUT2D eigenvalue weighted by molar-refractivity contribution is 5.83. The van der Waals surface area contributed by atoms with Crippen molar-refractivity contribution < 1.29 is 9.59 Å². The molecule has 1 atom stereocenters. The van der Waals surface area contributed by atoms with Gasteiger partial charge in [0.1, 0.15) is 12.1 Å². The number of carbonyl (C=O) groups is 2. The predicted octanol–water partition coefficient (Wildman–Crippen LogP) is 0.967. The smallest absolute Gasteiger partial charge is 0.225 e. The van der Waals surface area contributed by atoms with Gasteiger partial charge in [0.15, 0.2) is 0 Å². The van der Waals surface area contributed by atoms with Gasteiger partial charge in [-0.05, 0) is 44.9 Å². The van der Waals surface area contributed by atoms with E-state index in [4.69, 9.17) is 0 Å². The second-order valence-corrected chi connectivity index (χ2v) is 7.64. The minimum atomic E-state index is -0.0837. The van der Waals surface area contributed by atoms with Crippen LogP contribution in [0.15, 0.2) is 6.33 Å². The zero-order valence-corrected chi connectivity index (χ0v) is 15.2. The van der Waals surface area contributed by atoms with Crippen LogP contribution in [0.3, 0.4) is 0 Å². The maximum absolute atomic E-state index is 12.4. The molecule has 2 saturated heterocycles. The van der Waals surface area contributed by atoms with E-state index in [-0.39, 0.29) is 23.8 Å². The molecule has 7 heteroatoms. The third kappa shape index (κ3) is 3.66. The van der Waals surface area contributed by atoms with Crippen molar-refractivity contribution in [3.8, 4) is 0 Å². The molecule has 1 aliphatic carbocycles. The van der Waals surface area contributed by atoms with Crippen molar-refractivity contribution in [2.75, 3.05) is 24.5 Å². The Labute approximate surface area is 154 Å². The minimum absolute atomic E-state index is 0.0514. The van der Waals surface area contributed by atoms with E-state index in [1.807, 2.05) is 0 Å². The standard InChI is InChI=1S/C19H27N5O2/c25-17-6-5-13(11-20-17)19(26)23-14-7-9-24(10-8-14)18-15-3-1-2-4-16(15)21-12-22-18/h12-14H,1-11H2,(H,20,25)(H,23,26). The molecule has 0 aromatic carbocycles. The second-order valence-electron chi connectivity index (χ2n) is 7.64. The van der Waals surface area contributed by atoms with Crippen molar-refractivity contribution in [3.63, 3.8) is 0 Å². The van der Waals surface area contributed by atoms with Gasteiger partial charge in [0.2, 0.25) is 11.8 Å². The Bertz CT molecular complexity index is 675. The molecular weight excluding hydrogens is 330 g/mol. The molecule has 26 heavy (non-hydrogen) atoms. The van der Waals surface area contributed by atoms with Crippen molar-refractivity contribution in [3.05, 3.63) is 17.6 Å². The van der Waals surface area contributed by atoms with Crippen LogP contribution in [-0.2, 0) is 22.4 Å². The summed E-state index contributed by atoms with van der Waals surface area (Å²) in [5.74, 6) is 1.16. The number of aromatic nitrogens is 2. The van der Waals surface area contributed by atoms with Gasteiger partial charge in [-0.3, -0.25) is 9.59 Å². The van der Waals surface area contributed by atoms with Crippen LogP contribution in [0.4, 0.5) is 5.82 Å². The van der Waals surface area contributed by atoms with Gasteiger partial charge in [0, 0.05) is 43.4 Å². The Morgan fingerprint density at radius 3 is 2.69 bits per heavy atom. The molecule has 140 valence electrons. The van der Waals surface area contributed by atoms with Gasteiger partial charge in [-0.25, -0.2) is 9.97 Å². The average molecular weight is 357 g/mol. The van der Waals surface area contributed by atoms with Crippen LogP contribution < -0.4 is 15.5 Å². The van der Waals surface area contributed by atoms with Crippen LogP contribution in [0.25, 0.3) is 0 Å². The summed E-state index contributed by atoms with van der Waals surface area (Å²) in [6.07, 6.45) is 9.26. The molecule has 3 aliphatic rings. The summed E-state index contributed by atoms with van der Waals surface area (Å²) in [5.41, 5.74) is 2.55. The number of nitrogens with one attached hydrogen (secondary N) is 2. The fourth-order valence-corrected chi connectivity index (χ4v) is 4.29. The molecule has 0 radical (unpaired) electrons. The van der Waals surface area contributed by atoms with E-state index < -0.39 is 0 Å². The first-order valence-electron chi connectivity index (χ1n) is 9.85. The van der Waals surface area contributed by atoms with Gasteiger partial charge in [0.25, 0.3) is 0 Å². The molecular formula is C19H27N5O2. The van der Waals surface area contributed by atoms with Crippen LogP contribution in [0, 0.1) is 5.92 Å². The van der Waals surface area contributed by atoms with Crippen molar-refractivity contribution in [2.24, 2.45) is 5.92 Å². The van der Waals surface area contributed by atoms with Crippen molar-refractivity contribution in [1.82, 2.24) is 20.6 Å². The van der Waals surface area contributed by atoms with Gasteiger partial charge < -0.3 is 15.5 Å². The highest BCUT2D eigenvalue weighted by Gasteiger charge is 2.29. The number of nitrogens with zero attached hydrogens (tertiary/aromatic N) is 3. The number of amides is 2. The third-order valence-corrected chi connectivity index (χ3v) is 5.88. The molecule has 1 aromatic heterocycles. The fourth-order valence-electron chi connectivity index (χ4n) is 4.29. The molecule has 7 nitrogen and oxygen atoms in total. The Hall–Kier alpha value is -2.18. The number of fused-ring (bicyclic) bond motifs is 1. The zero-order chi connectivity index (χ0) is 17.9. The topological polar surface area (TPSA) is 87.2 Å². The highest BCUT2D eigenvalue weighted by atomic mass is 16.2. The summed E-state index contributed by atoms with van der Waals surface area (Å²) in [7, 11) is 0. The summed E-state index contributed by atoms with van der Waals surface area (Å²) in [5, 5.41) is 5.97. The maximum Gasteiger partial charge on any atom is 0.225 e. The molecule has 2 aliphatic heterocycles. The SMILES string of the molecule is O=C1CCC(C(=O)NC2CCN(c3ncnc4c3CCCC4)CC2)CN1. The number of piperidine rings is 2. The molecule has 0 saturated carbocycles. The van der Waals surface area contributed by atoms with Gasteiger partial charge in [-0.2, -0.15) is 0 Å². The Balaban J connectivity index is 1.32. The molecule has 2 amide bonds. The summed E-state index contributed by atoms with van der Waals surface area (Å²) in [4.78, 5) is 35.0. The van der Waals surface area contributed by atoms with E-state index in [2.05, 4.69) is 25.5 Å². The summed E-state index contributed by atoms with van der Waals surface area (Å²) in [6.45, 7) is 2.29. The van der Waals surface area contributed by atoms with Gasteiger partial charge in [-0.15, -0.1) is 0 Å². The van der Waals surface area contributed by atoms with E-state index in [1.54, 1.807) is 6.33 Å². The van der Waals surface area contributed by atoms with Crippen molar-refractivity contribution in [2.45, 2.75) is 57.4 Å². The normalized spacial score (nSPS) is 23.9. The molecule has 0 spiro atoms. The first kappa shape index (κ1) is 17.2. The molecule has 4 rings (SSSR count). The lowest BCUT2D eigenvalue weighted by atomic mass is 9.95. The first-order chi connectivity index (χ1) is 12.7. The lowest BCUT2D eigenvalue weighted by Crippen LogP contribution is -2.49. The summed E-state index contributed by atoms with van der Waals surface area (Å²) in [6, 6.07) is 0.217. The van der Waals surface area contributed by atoms with E-state index >= 15 is 0 Å². The molecule has 2 N–H and O–H groups in total. The van der Waals surface area contributed by atoms with Gasteiger partial charge >= 0.3 is 0 Å². The molecule has 3 heterocycles. The molecule has 1 unspecified atom stereocenters. The monoisotopic (exact) mass is 357 g/mol. The first-order valence-corrected chi connectivity index (χ1v) is 9.85. The molecule has 0 bridgehead atoms. The van der Waals surface area contributed by atoms with Crippen LogP contribution in [0.1, 0.15) is 49.8 Å². The number of carbonyl (C=O) groups excluding carboxylic acids is 2. The number of hydrogen-bond acceptors (Lipinski definition) is 5. The number of hydrogen-bond donors (Lipinski definition) is 2. The quantitative estimate of drug-likeness (QED) is 0.842. The third-order valence-electron chi connectivity index (χ3n) is 5.88. The number of aryl methyl sites for hydroxylation is 1. The Morgan fingerprint density at radius 1 is 1.12 bits per heavy atom.